The van der Waals surface area contributed by atoms with E-state index in [-0.39, 0.29) is 13.0 Å². The molecule has 1 aromatic rings. The Hall–Kier alpha value is -2.22. The molecule has 0 atom stereocenters. The molecule has 0 unspecified atom stereocenters. The van der Waals surface area contributed by atoms with E-state index in [9.17, 15) is 18.4 Å². The Labute approximate surface area is 119 Å². The van der Waals surface area contributed by atoms with Gasteiger partial charge in [0, 0.05) is 11.8 Å². The van der Waals surface area contributed by atoms with Crippen LogP contribution in [0.5, 0.6) is 5.75 Å². The third-order valence-corrected chi connectivity index (χ3v) is 2.20. The minimum Gasteiger partial charge on any atom is -0.482 e. The molecule has 0 fully saturated rings. The van der Waals surface area contributed by atoms with Crippen molar-refractivity contribution >= 4 is 17.6 Å². The van der Waals surface area contributed by atoms with Crippen LogP contribution in [0, 0.1) is 0 Å². The maximum Gasteiger partial charge on any atom is 0.341 e. The van der Waals surface area contributed by atoms with Gasteiger partial charge in [-0.1, -0.05) is 6.07 Å². The molecule has 0 bridgehead atoms. The molecular formula is C13H15F2NO5. The van der Waals surface area contributed by atoms with Crippen LogP contribution in [0.2, 0.25) is 0 Å². The van der Waals surface area contributed by atoms with Gasteiger partial charge in [0.25, 0.3) is 6.43 Å². The standard InChI is InChI=1S/C13H15F2NO5/c14-11(15)7-20-5-4-12(17)16-9-2-1-3-10(6-9)21-8-13(18)19/h1-3,6,11H,4-5,7-8H2,(H,16,17)(H,18,19). The van der Waals surface area contributed by atoms with Crippen molar-refractivity contribution in [1.82, 2.24) is 0 Å². The van der Waals surface area contributed by atoms with E-state index in [2.05, 4.69) is 10.1 Å². The number of halogens is 2. The Kier molecular flexibility index (Phi) is 7.10. The maximum absolute atomic E-state index is 11.8. The van der Waals surface area contributed by atoms with E-state index < -0.39 is 31.5 Å². The molecule has 1 rings (SSSR count). The molecule has 1 aromatic carbocycles. The Balaban J connectivity index is 2.38. The molecule has 1 amide bonds. The lowest BCUT2D eigenvalue weighted by atomic mass is 10.3. The van der Waals surface area contributed by atoms with Gasteiger partial charge >= 0.3 is 5.97 Å². The van der Waals surface area contributed by atoms with E-state index in [0.717, 1.165) is 0 Å². The van der Waals surface area contributed by atoms with E-state index in [1.54, 1.807) is 18.2 Å². The number of hydrogen-bond acceptors (Lipinski definition) is 4. The van der Waals surface area contributed by atoms with Gasteiger partial charge in [-0.25, -0.2) is 13.6 Å². The SMILES string of the molecule is O=C(O)COc1cccc(NC(=O)CCOCC(F)F)c1. The fraction of sp³-hybridized carbons (Fsp3) is 0.385. The minimum atomic E-state index is -2.56. The number of carbonyl (C=O) groups is 2. The van der Waals surface area contributed by atoms with Crippen molar-refractivity contribution in [3.8, 4) is 5.75 Å². The number of alkyl halides is 2. The fourth-order valence-corrected chi connectivity index (χ4v) is 1.37. The summed E-state index contributed by atoms with van der Waals surface area (Å²) >= 11 is 0. The van der Waals surface area contributed by atoms with Crippen molar-refractivity contribution < 1.29 is 33.0 Å². The van der Waals surface area contributed by atoms with Crippen LogP contribution in [0.25, 0.3) is 0 Å². The number of anilines is 1. The summed E-state index contributed by atoms with van der Waals surface area (Å²) in [5.41, 5.74) is 0.414. The highest BCUT2D eigenvalue weighted by Gasteiger charge is 2.06. The van der Waals surface area contributed by atoms with E-state index in [4.69, 9.17) is 9.84 Å². The maximum atomic E-state index is 11.8. The number of nitrogens with one attached hydrogen (secondary N) is 1. The van der Waals surface area contributed by atoms with Crippen LogP contribution in [0.15, 0.2) is 24.3 Å². The molecule has 0 heterocycles. The van der Waals surface area contributed by atoms with Gasteiger partial charge in [-0.15, -0.1) is 0 Å². The Morgan fingerprint density at radius 2 is 2.10 bits per heavy atom. The average Bonchev–Trinajstić information content (AvgIpc) is 2.41. The summed E-state index contributed by atoms with van der Waals surface area (Å²) in [6.07, 6.45) is -2.62. The van der Waals surface area contributed by atoms with E-state index in [1.807, 2.05) is 0 Å². The van der Waals surface area contributed by atoms with Crippen molar-refractivity contribution in [3.05, 3.63) is 24.3 Å². The lowest BCUT2D eigenvalue weighted by Crippen LogP contribution is -2.16. The summed E-state index contributed by atoms with van der Waals surface area (Å²) in [5, 5.41) is 11.0. The number of rotatable bonds is 9. The first kappa shape index (κ1) is 16.8. The Morgan fingerprint density at radius 3 is 2.76 bits per heavy atom. The summed E-state index contributed by atoms with van der Waals surface area (Å²) in [6.45, 7) is -1.30. The third kappa shape index (κ3) is 7.83. The molecule has 0 aliphatic heterocycles. The van der Waals surface area contributed by atoms with Crippen molar-refractivity contribution in [2.45, 2.75) is 12.8 Å². The molecule has 0 aliphatic rings. The molecule has 0 radical (unpaired) electrons. The van der Waals surface area contributed by atoms with Crippen molar-refractivity contribution in [2.75, 3.05) is 25.1 Å². The van der Waals surface area contributed by atoms with Crippen LogP contribution in [-0.2, 0) is 14.3 Å². The second kappa shape index (κ2) is 8.85. The highest BCUT2D eigenvalue weighted by atomic mass is 19.3. The van der Waals surface area contributed by atoms with Crippen molar-refractivity contribution in [1.29, 1.82) is 0 Å². The molecule has 0 saturated carbocycles. The molecule has 0 saturated heterocycles. The van der Waals surface area contributed by atoms with Crippen LogP contribution in [0.3, 0.4) is 0 Å². The van der Waals surface area contributed by atoms with Gasteiger partial charge in [0.1, 0.15) is 12.4 Å². The van der Waals surface area contributed by atoms with Gasteiger partial charge in [-0.2, -0.15) is 0 Å². The van der Waals surface area contributed by atoms with E-state index in [1.165, 1.54) is 6.07 Å². The zero-order chi connectivity index (χ0) is 15.7. The van der Waals surface area contributed by atoms with E-state index >= 15 is 0 Å². The van der Waals surface area contributed by atoms with Crippen LogP contribution in [-0.4, -0.2) is 43.2 Å². The molecule has 2 N–H and O–H groups in total. The number of carbonyl (C=O) groups excluding carboxylic acids is 1. The van der Waals surface area contributed by atoms with Gasteiger partial charge in [0.05, 0.1) is 13.0 Å². The zero-order valence-electron chi connectivity index (χ0n) is 11.1. The molecule has 116 valence electrons. The van der Waals surface area contributed by atoms with Crippen LogP contribution in [0.1, 0.15) is 6.42 Å². The number of amides is 1. The van der Waals surface area contributed by atoms with Gasteiger partial charge in [0.15, 0.2) is 6.61 Å². The van der Waals surface area contributed by atoms with Crippen molar-refractivity contribution in [2.24, 2.45) is 0 Å². The van der Waals surface area contributed by atoms with Gasteiger partial charge in [0.2, 0.25) is 5.91 Å². The minimum absolute atomic E-state index is 0.0626. The monoisotopic (exact) mass is 303 g/mol. The second-order valence-corrected chi connectivity index (χ2v) is 3.97. The number of carboxylic acids is 1. The molecule has 21 heavy (non-hydrogen) atoms. The number of carboxylic acid groups (broad SMARTS) is 1. The van der Waals surface area contributed by atoms with Crippen LogP contribution >= 0.6 is 0 Å². The lowest BCUT2D eigenvalue weighted by molar-refractivity contribution is -0.139. The number of benzene rings is 1. The predicted molar refractivity (Wildman–Crippen MR) is 69.6 cm³/mol. The summed E-state index contributed by atoms with van der Waals surface area (Å²) in [6, 6.07) is 6.18. The lowest BCUT2D eigenvalue weighted by Gasteiger charge is -2.08. The van der Waals surface area contributed by atoms with Crippen LogP contribution in [0.4, 0.5) is 14.5 Å². The van der Waals surface area contributed by atoms with Crippen molar-refractivity contribution in [3.63, 3.8) is 0 Å². The molecule has 6 nitrogen and oxygen atoms in total. The zero-order valence-corrected chi connectivity index (χ0v) is 11.1. The first-order chi connectivity index (χ1) is 9.97. The summed E-state index contributed by atoms with van der Waals surface area (Å²) in [7, 11) is 0. The van der Waals surface area contributed by atoms with Gasteiger partial charge in [-0.05, 0) is 12.1 Å². The third-order valence-electron chi connectivity index (χ3n) is 2.20. The van der Waals surface area contributed by atoms with Gasteiger partial charge in [-0.3, -0.25) is 4.79 Å². The average molecular weight is 303 g/mol. The number of hydrogen-bond donors (Lipinski definition) is 2. The smallest absolute Gasteiger partial charge is 0.341 e. The first-order valence-electron chi connectivity index (χ1n) is 6.08. The van der Waals surface area contributed by atoms with Crippen LogP contribution < -0.4 is 10.1 Å². The van der Waals surface area contributed by atoms with Gasteiger partial charge < -0.3 is 19.9 Å². The summed E-state index contributed by atoms with van der Waals surface area (Å²) < 4.78 is 33.1. The molecule has 0 aliphatic carbocycles. The summed E-state index contributed by atoms with van der Waals surface area (Å²) in [4.78, 5) is 21.9. The highest BCUT2D eigenvalue weighted by Crippen LogP contribution is 2.17. The molecule has 0 spiro atoms. The largest absolute Gasteiger partial charge is 0.482 e. The fourth-order valence-electron chi connectivity index (χ4n) is 1.37. The quantitative estimate of drug-likeness (QED) is 0.679. The second-order valence-electron chi connectivity index (χ2n) is 3.97. The Morgan fingerprint density at radius 1 is 1.33 bits per heavy atom. The highest BCUT2D eigenvalue weighted by molar-refractivity contribution is 5.90. The number of ether oxygens (including phenoxy) is 2. The molecular weight excluding hydrogens is 288 g/mol. The first-order valence-corrected chi connectivity index (χ1v) is 6.08. The molecule has 0 aromatic heterocycles. The topological polar surface area (TPSA) is 84.9 Å². The predicted octanol–water partition coefficient (Wildman–Crippen LogP) is 1.76. The van der Waals surface area contributed by atoms with E-state index in [0.29, 0.717) is 11.4 Å². The summed E-state index contributed by atoms with van der Waals surface area (Å²) in [5.74, 6) is -1.22. The molecule has 8 heteroatoms. The normalized spacial score (nSPS) is 10.4. The Bertz CT molecular complexity index is 481. The number of aliphatic carboxylic acids is 1.